The molecule has 5 nitrogen and oxygen atoms in total. The van der Waals surface area contributed by atoms with Crippen LogP contribution in [0.3, 0.4) is 0 Å². The second-order valence-electron chi connectivity index (χ2n) is 5.72. The van der Waals surface area contributed by atoms with Crippen molar-refractivity contribution in [3.63, 3.8) is 0 Å². The number of aryl methyl sites for hydroxylation is 1. The molecule has 1 saturated heterocycles. The first-order chi connectivity index (χ1) is 9.08. The molecule has 0 bridgehead atoms. The maximum Gasteiger partial charge on any atom is 0.153 e. The van der Waals surface area contributed by atoms with Crippen LogP contribution in [-0.4, -0.2) is 40.7 Å². The molecule has 3 heterocycles. The second-order valence-corrected chi connectivity index (χ2v) is 8.12. The Kier molecular flexibility index (Phi) is 3.39. The van der Waals surface area contributed by atoms with E-state index in [1.165, 1.54) is 0 Å². The highest BCUT2D eigenvalue weighted by Gasteiger charge is 2.32. The molecule has 0 aromatic carbocycles. The molecule has 6 heteroatoms. The van der Waals surface area contributed by atoms with Crippen LogP contribution >= 0.6 is 0 Å². The maximum absolute atomic E-state index is 11.8. The lowest BCUT2D eigenvalue weighted by atomic mass is 9.99. The second kappa shape index (κ2) is 4.90. The molecular weight excluding hydrogens is 264 g/mol. The largest absolute Gasteiger partial charge is 0.396 e. The number of hydrogen-bond donors (Lipinski definition) is 1. The zero-order chi connectivity index (χ0) is 13.5. The predicted molar refractivity (Wildman–Crippen MR) is 71.6 cm³/mol. The average Bonchev–Trinajstić information content (AvgIpc) is 2.92. The predicted octanol–water partition coefficient (Wildman–Crippen LogP) is 0.557. The van der Waals surface area contributed by atoms with Gasteiger partial charge in [-0.15, -0.1) is 0 Å². The SMILES string of the molecule is O=S1(=O)CCCC1Cc1cn2c(n1)CC(CO)CC2. The number of fused-ring (bicyclic) bond motifs is 1. The van der Waals surface area contributed by atoms with Crippen molar-refractivity contribution in [1.29, 1.82) is 0 Å². The number of hydrogen-bond acceptors (Lipinski definition) is 4. The molecule has 3 rings (SSSR count). The summed E-state index contributed by atoms with van der Waals surface area (Å²) < 4.78 is 25.8. The van der Waals surface area contributed by atoms with Gasteiger partial charge in [0.1, 0.15) is 5.82 Å². The zero-order valence-electron chi connectivity index (χ0n) is 11.0. The van der Waals surface area contributed by atoms with E-state index < -0.39 is 9.84 Å². The number of aliphatic hydroxyl groups excluding tert-OH is 1. The third-order valence-electron chi connectivity index (χ3n) is 4.32. The van der Waals surface area contributed by atoms with Crippen molar-refractivity contribution < 1.29 is 13.5 Å². The van der Waals surface area contributed by atoms with E-state index in [9.17, 15) is 13.5 Å². The van der Waals surface area contributed by atoms with Crippen molar-refractivity contribution in [1.82, 2.24) is 9.55 Å². The zero-order valence-corrected chi connectivity index (χ0v) is 11.8. The highest BCUT2D eigenvalue weighted by atomic mass is 32.2. The summed E-state index contributed by atoms with van der Waals surface area (Å²) in [5, 5.41) is 8.97. The fraction of sp³-hybridized carbons (Fsp3) is 0.769. The van der Waals surface area contributed by atoms with Gasteiger partial charge in [0.25, 0.3) is 0 Å². The molecule has 0 saturated carbocycles. The van der Waals surface area contributed by atoms with Crippen LogP contribution in [0.1, 0.15) is 30.8 Å². The summed E-state index contributed by atoms with van der Waals surface area (Å²) in [6.07, 6.45) is 5.87. The Labute approximate surface area is 113 Å². The molecule has 106 valence electrons. The van der Waals surface area contributed by atoms with Crippen LogP contribution < -0.4 is 0 Å². The molecular formula is C13H20N2O3S. The molecule has 0 spiro atoms. The summed E-state index contributed by atoms with van der Waals surface area (Å²) >= 11 is 0. The first kappa shape index (κ1) is 13.1. The van der Waals surface area contributed by atoms with Crippen LogP contribution in [-0.2, 0) is 29.2 Å². The number of nitrogens with zero attached hydrogens (tertiary/aromatic N) is 2. The summed E-state index contributed by atoms with van der Waals surface area (Å²) in [5.41, 5.74) is 0.893. The molecule has 1 aromatic rings. The van der Waals surface area contributed by atoms with Gasteiger partial charge in [-0.05, 0) is 25.2 Å². The van der Waals surface area contributed by atoms with E-state index in [4.69, 9.17) is 0 Å². The minimum Gasteiger partial charge on any atom is -0.396 e. The number of imidazole rings is 1. The molecule has 1 N–H and O–H groups in total. The van der Waals surface area contributed by atoms with Crippen molar-refractivity contribution in [2.24, 2.45) is 5.92 Å². The van der Waals surface area contributed by atoms with E-state index in [0.717, 1.165) is 43.7 Å². The van der Waals surface area contributed by atoms with Crippen molar-refractivity contribution in [2.75, 3.05) is 12.4 Å². The monoisotopic (exact) mass is 284 g/mol. The Hall–Kier alpha value is -0.880. The van der Waals surface area contributed by atoms with E-state index in [2.05, 4.69) is 9.55 Å². The van der Waals surface area contributed by atoms with E-state index in [-0.39, 0.29) is 11.9 Å². The van der Waals surface area contributed by atoms with Crippen molar-refractivity contribution in [3.8, 4) is 0 Å². The molecule has 2 unspecified atom stereocenters. The van der Waals surface area contributed by atoms with Gasteiger partial charge in [0.05, 0.1) is 16.7 Å². The van der Waals surface area contributed by atoms with Gasteiger partial charge in [-0.25, -0.2) is 13.4 Å². The Morgan fingerprint density at radius 1 is 1.42 bits per heavy atom. The summed E-state index contributed by atoms with van der Waals surface area (Å²) in [7, 11) is -2.89. The lowest BCUT2D eigenvalue weighted by molar-refractivity contribution is 0.199. The summed E-state index contributed by atoms with van der Waals surface area (Å²) in [6.45, 7) is 1.09. The smallest absolute Gasteiger partial charge is 0.153 e. The van der Waals surface area contributed by atoms with E-state index >= 15 is 0 Å². The van der Waals surface area contributed by atoms with Gasteiger partial charge < -0.3 is 9.67 Å². The third-order valence-corrected chi connectivity index (χ3v) is 6.59. The van der Waals surface area contributed by atoms with Gasteiger partial charge in [-0.2, -0.15) is 0 Å². The minimum absolute atomic E-state index is 0.208. The van der Waals surface area contributed by atoms with Crippen LogP contribution in [0.15, 0.2) is 6.20 Å². The van der Waals surface area contributed by atoms with Gasteiger partial charge in [-0.1, -0.05) is 0 Å². The quantitative estimate of drug-likeness (QED) is 0.880. The highest BCUT2D eigenvalue weighted by Crippen LogP contribution is 2.25. The molecule has 0 aliphatic carbocycles. The van der Waals surface area contributed by atoms with E-state index in [1.807, 2.05) is 6.20 Å². The lowest BCUT2D eigenvalue weighted by Crippen LogP contribution is -2.21. The van der Waals surface area contributed by atoms with Gasteiger partial charge in [-0.3, -0.25) is 0 Å². The number of aromatic nitrogens is 2. The summed E-state index contributed by atoms with van der Waals surface area (Å²) in [5.74, 6) is 1.63. The Bertz CT molecular complexity index is 564. The average molecular weight is 284 g/mol. The normalized spacial score (nSPS) is 29.3. The third kappa shape index (κ3) is 2.56. The van der Waals surface area contributed by atoms with Gasteiger partial charge in [0, 0.05) is 32.2 Å². The summed E-state index contributed by atoms with van der Waals surface area (Å²) in [4.78, 5) is 4.57. The lowest BCUT2D eigenvalue weighted by Gasteiger charge is -2.20. The standard InChI is InChI=1S/C13H20N2O3S/c16-9-10-3-4-15-8-11(14-13(15)6-10)7-12-2-1-5-19(12,17)18/h8,10,12,16H,1-7,9H2. The maximum atomic E-state index is 11.8. The van der Waals surface area contributed by atoms with Crippen molar-refractivity contribution in [2.45, 2.75) is 43.9 Å². The first-order valence-corrected chi connectivity index (χ1v) is 8.67. The molecule has 0 radical (unpaired) electrons. The van der Waals surface area contributed by atoms with Gasteiger partial charge >= 0.3 is 0 Å². The molecule has 0 amide bonds. The van der Waals surface area contributed by atoms with Gasteiger partial charge in [0.2, 0.25) is 0 Å². The van der Waals surface area contributed by atoms with Crippen LogP contribution in [0, 0.1) is 5.92 Å². The van der Waals surface area contributed by atoms with Gasteiger partial charge in [0.15, 0.2) is 9.84 Å². The Morgan fingerprint density at radius 3 is 2.95 bits per heavy atom. The Morgan fingerprint density at radius 2 is 2.26 bits per heavy atom. The number of sulfone groups is 1. The minimum atomic E-state index is -2.89. The van der Waals surface area contributed by atoms with Crippen LogP contribution in [0.2, 0.25) is 0 Å². The van der Waals surface area contributed by atoms with Crippen LogP contribution in [0.4, 0.5) is 0 Å². The topological polar surface area (TPSA) is 72.2 Å². The number of rotatable bonds is 3. The fourth-order valence-corrected chi connectivity index (χ4v) is 4.98. The molecule has 2 aliphatic heterocycles. The molecule has 2 atom stereocenters. The summed E-state index contributed by atoms with van der Waals surface area (Å²) in [6, 6.07) is 0. The van der Waals surface area contributed by atoms with E-state index in [0.29, 0.717) is 18.1 Å². The Balaban J connectivity index is 1.75. The van der Waals surface area contributed by atoms with Crippen molar-refractivity contribution in [3.05, 3.63) is 17.7 Å². The van der Waals surface area contributed by atoms with E-state index in [1.54, 1.807) is 0 Å². The fourth-order valence-electron chi connectivity index (χ4n) is 3.13. The molecule has 19 heavy (non-hydrogen) atoms. The van der Waals surface area contributed by atoms with Crippen LogP contribution in [0.5, 0.6) is 0 Å². The first-order valence-electron chi connectivity index (χ1n) is 6.96. The molecule has 1 aromatic heterocycles. The van der Waals surface area contributed by atoms with Crippen LogP contribution in [0.25, 0.3) is 0 Å². The highest BCUT2D eigenvalue weighted by molar-refractivity contribution is 7.92. The van der Waals surface area contributed by atoms with Crippen molar-refractivity contribution >= 4 is 9.84 Å². The molecule has 1 fully saturated rings. The molecule has 2 aliphatic rings. The number of aliphatic hydroxyl groups is 1.